The van der Waals surface area contributed by atoms with Crippen LogP contribution >= 0.6 is 0 Å². The van der Waals surface area contributed by atoms with Crippen molar-refractivity contribution in [2.45, 2.75) is 58.2 Å². The van der Waals surface area contributed by atoms with Gasteiger partial charge in [0.2, 0.25) is 0 Å². The van der Waals surface area contributed by atoms with E-state index in [9.17, 15) is 0 Å². The van der Waals surface area contributed by atoms with Gasteiger partial charge in [-0.05, 0) is 71.1 Å². The number of aromatic nitrogens is 2. The highest BCUT2D eigenvalue weighted by atomic mass is 16.7. The van der Waals surface area contributed by atoms with E-state index in [0.717, 1.165) is 30.8 Å². The quantitative estimate of drug-likeness (QED) is 0.764. The molecule has 0 N–H and O–H groups in total. The van der Waals surface area contributed by atoms with Crippen LogP contribution in [0.4, 0.5) is 5.82 Å². The Kier molecular flexibility index (Phi) is 5.19. The molecule has 0 bridgehead atoms. The average Bonchev–Trinajstić information content (AvgIpc) is 2.91. The van der Waals surface area contributed by atoms with Crippen LogP contribution in [0, 0.1) is 5.92 Å². The summed E-state index contributed by atoms with van der Waals surface area (Å²) in [6, 6.07) is 10.4. The van der Waals surface area contributed by atoms with Crippen molar-refractivity contribution in [2.75, 3.05) is 18.0 Å². The van der Waals surface area contributed by atoms with Gasteiger partial charge in [-0.3, -0.25) is 4.98 Å². The van der Waals surface area contributed by atoms with Gasteiger partial charge in [-0.15, -0.1) is 0 Å². The number of piperidine rings is 1. The molecule has 2 saturated heterocycles. The number of anilines is 1. The highest BCUT2D eigenvalue weighted by Gasteiger charge is 2.51. The lowest BCUT2D eigenvalue weighted by Gasteiger charge is -2.32. The molecule has 148 valence electrons. The van der Waals surface area contributed by atoms with Crippen molar-refractivity contribution in [3.05, 3.63) is 48.4 Å². The lowest BCUT2D eigenvalue weighted by Crippen LogP contribution is -2.41. The van der Waals surface area contributed by atoms with E-state index in [-0.39, 0.29) is 18.3 Å². The smallest absolute Gasteiger partial charge is 0.399 e. The van der Waals surface area contributed by atoms with Gasteiger partial charge in [0.25, 0.3) is 0 Å². The van der Waals surface area contributed by atoms with Gasteiger partial charge < -0.3 is 14.2 Å². The minimum Gasteiger partial charge on any atom is -0.399 e. The molecule has 0 aliphatic carbocycles. The molecule has 0 unspecified atom stereocenters. The Morgan fingerprint density at radius 1 is 1.00 bits per heavy atom. The van der Waals surface area contributed by atoms with Crippen molar-refractivity contribution in [2.24, 2.45) is 5.92 Å². The van der Waals surface area contributed by atoms with Gasteiger partial charge in [-0.25, -0.2) is 4.98 Å². The van der Waals surface area contributed by atoms with E-state index in [1.54, 1.807) is 0 Å². The number of hydrogen-bond donors (Lipinski definition) is 0. The largest absolute Gasteiger partial charge is 0.496 e. The molecule has 0 amide bonds. The van der Waals surface area contributed by atoms with E-state index in [0.29, 0.717) is 5.92 Å². The topological polar surface area (TPSA) is 47.5 Å². The molecule has 2 aromatic heterocycles. The first-order valence-corrected chi connectivity index (χ1v) is 10.3. The lowest BCUT2D eigenvalue weighted by molar-refractivity contribution is 0.00578. The molecule has 5 nitrogen and oxygen atoms in total. The molecule has 0 radical (unpaired) electrons. The molecule has 2 aliphatic rings. The zero-order valence-corrected chi connectivity index (χ0v) is 17.4. The van der Waals surface area contributed by atoms with Gasteiger partial charge in [0.05, 0.1) is 11.2 Å². The third-order valence-corrected chi connectivity index (χ3v) is 6.46. The summed E-state index contributed by atoms with van der Waals surface area (Å²) in [5.41, 5.74) is 1.52. The molecule has 0 atom stereocenters. The molecule has 28 heavy (non-hydrogen) atoms. The maximum absolute atomic E-state index is 6.12. The first-order valence-electron chi connectivity index (χ1n) is 10.3. The second-order valence-corrected chi connectivity index (χ2v) is 8.99. The Morgan fingerprint density at radius 3 is 2.29 bits per heavy atom. The standard InChI is InChI=1S/C22H30BN3O2/c1-21(2)22(3,4)28-23(27-21)18-8-9-20(25-16-18)26-13-10-17(11-14-26)15-19-7-5-6-12-24-19/h5-9,12,16-17H,10-11,13-15H2,1-4H3. The van der Waals surface area contributed by atoms with Crippen LogP contribution in [-0.2, 0) is 15.7 Å². The minimum atomic E-state index is -0.351. The third kappa shape index (κ3) is 3.94. The van der Waals surface area contributed by atoms with E-state index < -0.39 is 0 Å². The van der Waals surface area contributed by atoms with Crippen molar-refractivity contribution < 1.29 is 9.31 Å². The van der Waals surface area contributed by atoms with Crippen molar-refractivity contribution in [1.29, 1.82) is 0 Å². The summed E-state index contributed by atoms with van der Waals surface area (Å²) in [5, 5.41) is 0. The van der Waals surface area contributed by atoms with Crippen molar-refractivity contribution in [1.82, 2.24) is 9.97 Å². The Morgan fingerprint density at radius 2 is 1.71 bits per heavy atom. The van der Waals surface area contributed by atoms with E-state index in [4.69, 9.17) is 14.3 Å². The number of nitrogens with zero attached hydrogens (tertiary/aromatic N) is 3. The normalized spacial score (nSPS) is 21.9. The van der Waals surface area contributed by atoms with Gasteiger partial charge in [-0.2, -0.15) is 0 Å². The first kappa shape index (κ1) is 19.4. The molecule has 0 spiro atoms. The van der Waals surface area contributed by atoms with Crippen LogP contribution in [0.15, 0.2) is 42.7 Å². The summed E-state index contributed by atoms with van der Waals surface area (Å²) in [5.74, 6) is 1.74. The molecule has 2 aromatic rings. The fourth-order valence-electron chi connectivity index (χ4n) is 3.88. The van der Waals surface area contributed by atoms with E-state index in [2.05, 4.69) is 61.8 Å². The van der Waals surface area contributed by atoms with Crippen molar-refractivity contribution in [3.8, 4) is 0 Å². The molecule has 6 heteroatoms. The van der Waals surface area contributed by atoms with Gasteiger partial charge in [0.15, 0.2) is 0 Å². The van der Waals surface area contributed by atoms with Crippen molar-refractivity contribution in [3.63, 3.8) is 0 Å². The van der Waals surface area contributed by atoms with Gasteiger partial charge >= 0.3 is 7.12 Å². The molecule has 4 rings (SSSR count). The van der Waals surface area contributed by atoms with Gasteiger partial charge in [0, 0.05) is 36.6 Å². The Hall–Kier alpha value is -1.92. The summed E-state index contributed by atoms with van der Waals surface area (Å²) in [6.45, 7) is 10.4. The molecule has 2 fully saturated rings. The fraction of sp³-hybridized carbons (Fsp3) is 0.545. The average molecular weight is 379 g/mol. The summed E-state index contributed by atoms with van der Waals surface area (Å²) in [4.78, 5) is 11.6. The minimum absolute atomic E-state index is 0.328. The lowest BCUT2D eigenvalue weighted by atomic mass is 9.80. The highest BCUT2D eigenvalue weighted by molar-refractivity contribution is 6.62. The van der Waals surface area contributed by atoms with Crippen LogP contribution in [0.2, 0.25) is 0 Å². The Bertz CT molecular complexity index is 771. The molecule has 0 aromatic carbocycles. The van der Waals surface area contributed by atoms with Gasteiger partial charge in [0.1, 0.15) is 5.82 Å². The molecular formula is C22H30BN3O2. The second-order valence-electron chi connectivity index (χ2n) is 8.99. The first-order chi connectivity index (χ1) is 13.3. The predicted molar refractivity (Wildman–Crippen MR) is 113 cm³/mol. The molecular weight excluding hydrogens is 349 g/mol. The molecule has 4 heterocycles. The zero-order valence-electron chi connectivity index (χ0n) is 17.4. The second kappa shape index (κ2) is 7.49. The molecule has 2 aliphatic heterocycles. The Balaban J connectivity index is 1.34. The number of pyridine rings is 2. The third-order valence-electron chi connectivity index (χ3n) is 6.46. The van der Waals surface area contributed by atoms with E-state index in [1.165, 1.54) is 18.5 Å². The van der Waals surface area contributed by atoms with Crippen LogP contribution < -0.4 is 10.4 Å². The highest BCUT2D eigenvalue weighted by Crippen LogP contribution is 2.36. The summed E-state index contributed by atoms with van der Waals surface area (Å²) < 4.78 is 12.2. The Labute approximate surface area is 168 Å². The van der Waals surface area contributed by atoms with Crippen LogP contribution in [0.1, 0.15) is 46.2 Å². The van der Waals surface area contributed by atoms with E-state index >= 15 is 0 Å². The summed E-state index contributed by atoms with van der Waals surface area (Å²) >= 11 is 0. The fourth-order valence-corrected chi connectivity index (χ4v) is 3.88. The number of hydrogen-bond acceptors (Lipinski definition) is 5. The van der Waals surface area contributed by atoms with Gasteiger partial charge in [-0.1, -0.05) is 12.1 Å². The van der Waals surface area contributed by atoms with Crippen LogP contribution in [0.5, 0.6) is 0 Å². The van der Waals surface area contributed by atoms with E-state index in [1.807, 2.05) is 18.5 Å². The maximum atomic E-state index is 6.12. The van der Waals surface area contributed by atoms with Crippen LogP contribution in [0.25, 0.3) is 0 Å². The maximum Gasteiger partial charge on any atom is 0.496 e. The summed E-state index contributed by atoms with van der Waals surface area (Å²) in [7, 11) is -0.351. The van der Waals surface area contributed by atoms with Crippen molar-refractivity contribution >= 4 is 18.4 Å². The van der Waals surface area contributed by atoms with Crippen LogP contribution in [0.3, 0.4) is 0 Å². The van der Waals surface area contributed by atoms with Crippen LogP contribution in [-0.4, -0.2) is 41.4 Å². The zero-order chi connectivity index (χ0) is 19.8. The SMILES string of the molecule is CC1(C)OB(c2ccc(N3CCC(Cc4ccccn4)CC3)nc2)OC1(C)C. The predicted octanol–water partition coefficient (Wildman–Crippen LogP) is 3.23. The molecule has 0 saturated carbocycles. The number of rotatable bonds is 4. The summed E-state index contributed by atoms with van der Waals surface area (Å²) in [6.07, 6.45) is 7.21. The monoisotopic (exact) mass is 379 g/mol.